The van der Waals surface area contributed by atoms with Gasteiger partial charge in [0.2, 0.25) is 0 Å². The lowest BCUT2D eigenvalue weighted by Crippen LogP contribution is -1.86. The molecule has 0 aromatic heterocycles. The van der Waals surface area contributed by atoms with Crippen LogP contribution in [-0.2, 0) is 0 Å². The van der Waals surface area contributed by atoms with Crippen molar-refractivity contribution in [2.75, 3.05) is 0 Å². The van der Waals surface area contributed by atoms with Gasteiger partial charge < -0.3 is 0 Å². The molecule has 6 rings (SSSR count). The topological polar surface area (TPSA) is 0 Å². The van der Waals surface area contributed by atoms with Crippen molar-refractivity contribution in [2.45, 2.75) is 0 Å². The Labute approximate surface area is 229 Å². The number of benzene rings is 6. The van der Waals surface area contributed by atoms with Crippen molar-refractivity contribution in [1.29, 1.82) is 0 Å². The molecule has 0 fully saturated rings. The van der Waals surface area contributed by atoms with E-state index in [9.17, 15) is 17.6 Å². The highest BCUT2D eigenvalue weighted by Crippen LogP contribution is 2.30. The van der Waals surface area contributed by atoms with Crippen LogP contribution in [0.25, 0.3) is 55.6 Å². The van der Waals surface area contributed by atoms with E-state index in [-0.39, 0.29) is 0 Å². The third-order valence-corrected chi connectivity index (χ3v) is 6.93. The zero-order chi connectivity index (χ0) is 27.6. The predicted molar refractivity (Wildman–Crippen MR) is 153 cm³/mol. The Bertz CT molecular complexity index is 1610. The van der Waals surface area contributed by atoms with Crippen molar-refractivity contribution in [3.63, 3.8) is 0 Å². The molecule has 0 heterocycles. The van der Waals surface area contributed by atoms with Gasteiger partial charge in [0, 0.05) is 12.1 Å². The van der Waals surface area contributed by atoms with Crippen molar-refractivity contribution in [3.05, 3.63) is 157 Å². The Balaban J connectivity index is 1.17. The molecule has 0 aliphatic rings. The van der Waals surface area contributed by atoms with Crippen LogP contribution in [0.15, 0.2) is 133 Å². The number of hydrogen-bond acceptors (Lipinski definition) is 0. The van der Waals surface area contributed by atoms with Gasteiger partial charge in [0.15, 0.2) is 0 Å². The van der Waals surface area contributed by atoms with Crippen molar-refractivity contribution in [3.8, 4) is 55.6 Å². The van der Waals surface area contributed by atoms with E-state index in [2.05, 4.69) is 24.3 Å². The van der Waals surface area contributed by atoms with Gasteiger partial charge in [0.25, 0.3) is 0 Å². The minimum Gasteiger partial charge on any atom is -0.207 e. The molecular weight excluding hydrogens is 508 g/mol. The van der Waals surface area contributed by atoms with Gasteiger partial charge in [-0.3, -0.25) is 0 Å². The average molecular weight is 531 g/mol. The van der Waals surface area contributed by atoms with Crippen molar-refractivity contribution < 1.29 is 17.6 Å². The first-order valence-electron chi connectivity index (χ1n) is 12.8. The minimum atomic E-state index is -0.598. The van der Waals surface area contributed by atoms with E-state index in [1.54, 1.807) is 0 Å². The molecule has 0 amide bonds. The van der Waals surface area contributed by atoms with Crippen LogP contribution in [0.3, 0.4) is 0 Å². The Kier molecular flexibility index (Phi) is 6.75. The summed E-state index contributed by atoms with van der Waals surface area (Å²) in [6, 6.07) is 38.7. The average Bonchev–Trinajstić information content (AvgIpc) is 2.97. The summed E-state index contributed by atoms with van der Waals surface area (Å²) in [5.74, 6) is -2.39. The van der Waals surface area contributed by atoms with E-state index in [0.717, 1.165) is 56.6 Å². The molecule has 0 nitrogen and oxygen atoms in total. The van der Waals surface area contributed by atoms with Crippen LogP contribution in [-0.4, -0.2) is 0 Å². The fourth-order valence-corrected chi connectivity index (χ4v) is 4.86. The van der Waals surface area contributed by atoms with Crippen LogP contribution in [0.1, 0.15) is 0 Å². The van der Waals surface area contributed by atoms with Crippen LogP contribution in [0, 0.1) is 23.3 Å². The number of halogens is 4. The van der Waals surface area contributed by atoms with E-state index < -0.39 is 23.3 Å². The van der Waals surface area contributed by atoms with Crippen LogP contribution in [0.4, 0.5) is 17.6 Å². The summed E-state index contributed by atoms with van der Waals surface area (Å²) in [5.41, 5.74) is 8.73. The van der Waals surface area contributed by atoms with Crippen LogP contribution in [0.5, 0.6) is 0 Å². The van der Waals surface area contributed by atoms with Gasteiger partial charge in [-0.05, 0) is 79.9 Å². The van der Waals surface area contributed by atoms with E-state index in [0.29, 0.717) is 11.1 Å². The lowest BCUT2D eigenvalue weighted by atomic mass is 9.96. The lowest BCUT2D eigenvalue weighted by Gasteiger charge is -2.09. The molecule has 0 saturated heterocycles. The quantitative estimate of drug-likeness (QED) is 0.195. The molecule has 0 radical (unpaired) electrons. The first kappa shape index (κ1) is 25.3. The minimum absolute atomic E-state index is 0.501. The Morgan fingerprint density at radius 2 is 0.350 bits per heavy atom. The molecule has 6 aromatic carbocycles. The molecule has 0 unspecified atom stereocenters. The highest BCUT2D eigenvalue weighted by atomic mass is 19.1. The van der Waals surface area contributed by atoms with Crippen LogP contribution in [0.2, 0.25) is 0 Å². The number of hydrogen-bond donors (Lipinski definition) is 0. The summed E-state index contributed by atoms with van der Waals surface area (Å²) >= 11 is 0. The number of rotatable bonds is 5. The first-order chi connectivity index (χ1) is 19.4. The van der Waals surface area contributed by atoms with Crippen molar-refractivity contribution in [2.24, 2.45) is 0 Å². The molecule has 40 heavy (non-hydrogen) atoms. The van der Waals surface area contributed by atoms with E-state index in [4.69, 9.17) is 0 Å². The maximum Gasteiger partial charge on any atom is 0.126 e. The van der Waals surface area contributed by atoms with Gasteiger partial charge >= 0.3 is 0 Å². The molecule has 0 aliphatic carbocycles. The molecule has 0 saturated carbocycles. The summed E-state index contributed by atoms with van der Waals surface area (Å²) in [7, 11) is 0. The second-order valence-electron chi connectivity index (χ2n) is 9.63. The summed E-state index contributed by atoms with van der Waals surface area (Å²) in [4.78, 5) is 0. The molecular formula is C36H22F4. The second-order valence-corrected chi connectivity index (χ2v) is 9.63. The molecule has 4 heteroatoms. The summed E-state index contributed by atoms with van der Waals surface area (Å²) in [6.45, 7) is 0. The lowest BCUT2D eigenvalue weighted by molar-refractivity contribution is 0.583. The molecule has 0 aliphatic heterocycles. The largest absolute Gasteiger partial charge is 0.207 e. The van der Waals surface area contributed by atoms with E-state index in [1.165, 1.54) is 24.3 Å². The highest BCUT2D eigenvalue weighted by Gasteiger charge is 2.07. The Hall–Kier alpha value is -4.96. The zero-order valence-electron chi connectivity index (χ0n) is 21.2. The van der Waals surface area contributed by atoms with Gasteiger partial charge in [-0.25, -0.2) is 17.6 Å². The van der Waals surface area contributed by atoms with Crippen LogP contribution < -0.4 is 0 Å². The maximum absolute atomic E-state index is 13.6. The second kappa shape index (κ2) is 10.7. The third kappa shape index (κ3) is 5.43. The fourth-order valence-electron chi connectivity index (χ4n) is 4.86. The van der Waals surface area contributed by atoms with Gasteiger partial charge in [-0.1, -0.05) is 97.1 Å². The summed E-state index contributed by atoms with van der Waals surface area (Å²) in [6.07, 6.45) is 0. The van der Waals surface area contributed by atoms with E-state index in [1.807, 2.05) is 72.8 Å². The Morgan fingerprint density at radius 1 is 0.200 bits per heavy atom. The van der Waals surface area contributed by atoms with Gasteiger partial charge in [-0.2, -0.15) is 0 Å². The molecule has 0 spiro atoms. The SMILES string of the molecule is Fc1cc(F)cc(-c2ccc(-c3ccc(-c4ccc(-c5ccc(-c6cc(F)cc(F)c6)cc5)cc4)cc3)cc2)c1. The predicted octanol–water partition coefficient (Wildman–Crippen LogP) is 10.6. The molecule has 0 N–H and O–H groups in total. The van der Waals surface area contributed by atoms with Crippen LogP contribution >= 0.6 is 0 Å². The smallest absolute Gasteiger partial charge is 0.126 e. The van der Waals surface area contributed by atoms with Crippen molar-refractivity contribution >= 4 is 0 Å². The van der Waals surface area contributed by atoms with Gasteiger partial charge in [-0.15, -0.1) is 0 Å². The zero-order valence-corrected chi connectivity index (χ0v) is 21.2. The third-order valence-electron chi connectivity index (χ3n) is 6.93. The molecule has 0 atom stereocenters. The normalized spacial score (nSPS) is 11.0. The Morgan fingerprint density at radius 3 is 0.525 bits per heavy atom. The first-order valence-corrected chi connectivity index (χ1v) is 12.8. The standard InChI is InChI=1S/C36H22F4/c37-33-17-31(18-34(38)21-33)29-13-9-27(10-14-29)25-5-1-23(2-6-25)24-3-7-26(8-4-24)28-11-15-30(16-12-28)32-19-35(39)22-36(40)20-32/h1-22H. The summed E-state index contributed by atoms with van der Waals surface area (Å²) in [5, 5.41) is 0. The molecule has 0 bridgehead atoms. The monoisotopic (exact) mass is 530 g/mol. The fraction of sp³-hybridized carbons (Fsp3) is 0. The molecule has 6 aromatic rings. The van der Waals surface area contributed by atoms with Gasteiger partial charge in [0.05, 0.1) is 0 Å². The maximum atomic E-state index is 13.6. The molecule has 194 valence electrons. The summed E-state index contributed by atoms with van der Waals surface area (Å²) < 4.78 is 54.3. The van der Waals surface area contributed by atoms with E-state index >= 15 is 0 Å². The highest BCUT2D eigenvalue weighted by molar-refractivity contribution is 5.76. The van der Waals surface area contributed by atoms with Crippen molar-refractivity contribution in [1.82, 2.24) is 0 Å². The van der Waals surface area contributed by atoms with Gasteiger partial charge in [0.1, 0.15) is 23.3 Å².